The zero-order valence-electron chi connectivity index (χ0n) is 15.4. The van der Waals surface area contributed by atoms with Gasteiger partial charge in [0.15, 0.2) is 0 Å². The number of aryl methyl sites for hydroxylation is 1. The van der Waals surface area contributed by atoms with Crippen LogP contribution < -0.4 is 10.6 Å². The first kappa shape index (κ1) is 18.6. The number of imidazole rings is 1. The molecule has 1 aliphatic rings. The van der Waals surface area contributed by atoms with Crippen molar-refractivity contribution in [2.75, 3.05) is 13.1 Å². The van der Waals surface area contributed by atoms with Crippen molar-refractivity contribution in [1.82, 2.24) is 20.2 Å². The van der Waals surface area contributed by atoms with Gasteiger partial charge in [0.1, 0.15) is 17.7 Å². The normalized spacial score (nSPS) is 19.7. The number of aromatic nitrogens is 2. The molecule has 3 rings (SSSR count). The summed E-state index contributed by atoms with van der Waals surface area (Å²) in [5.74, 6) is 1.17. The molecule has 1 amide bonds. The monoisotopic (exact) mass is 358 g/mol. The van der Waals surface area contributed by atoms with E-state index in [0.29, 0.717) is 29.6 Å². The van der Waals surface area contributed by atoms with Gasteiger partial charge >= 0.3 is 0 Å². The van der Waals surface area contributed by atoms with Crippen molar-refractivity contribution in [2.24, 2.45) is 18.9 Å². The van der Waals surface area contributed by atoms with Gasteiger partial charge in [-0.05, 0) is 55.5 Å². The predicted octanol–water partition coefficient (Wildman–Crippen LogP) is 2.79. The van der Waals surface area contributed by atoms with Gasteiger partial charge in [-0.25, -0.2) is 9.37 Å². The zero-order valence-corrected chi connectivity index (χ0v) is 15.4. The van der Waals surface area contributed by atoms with Gasteiger partial charge in [-0.15, -0.1) is 0 Å². The summed E-state index contributed by atoms with van der Waals surface area (Å²) >= 11 is 0. The molecule has 1 aromatic carbocycles. The van der Waals surface area contributed by atoms with E-state index in [-0.39, 0.29) is 11.7 Å². The third-order valence-electron chi connectivity index (χ3n) is 5.25. The third-order valence-corrected chi connectivity index (χ3v) is 5.25. The van der Waals surface area contributed by atoms with Gasteiger partial charge in [-0.3, -0.25) is 4.79 Å². The molecule has 6 heteroatoms. The number of hydrogen-bond donors (Lipinski definition) is 2. The van der Waals surface area contributed by atoms with Crippen molar-refractivity contribution in [3.8, 4) is 0 Å². The van der Waals surface area contributed by atoms with Crippen LogP contribution in [0.1, 0.15) is 43.6 Å². The van der Waals surface area contributed by atoms with Crippen LogP contribution in [-0.4, -0.2) is 28.5 Å². The van der Waals surface area contributed by atoms with Gasteiger partial charge in [0.25, 0.3) is 0 Å². The minimum absolute atomic E-state index is 0.0275. The lowest BCUT2D eigenvalue weighted by Crippen LogP contribution is -2.37. The second-order valence-corrected chi connectivity index (χ2v) is 7.24. The molecule has 26 heavy (non-hydrogen) atoms. The highest BCUT2D eigenvalue weighted by molar-refractivity contribution is 5.77. The van der Waals surface area contributed by atoms with E-state index in [0.717, 1.165) is 25.9 Å². The molecule has 0 radical (unpaired) electrons. The molecule has 0 spiro atoms. The number of rotatable bonds is 6. The summed E-state index contributed by atoms with van der Waals surface area (Å²) in [6, 6.07) is 5.86. The van der Waals surface area contributed by atoms with E-state index in [1.807, 2.05) is 23.9 Å². The fourth-order valence-corrected chi connectivity index (χ4v) is 3.68. The summed E-state index contributed by atoms with van der Waals surface area (Å²) in [5, 5.41) is 6.47. The lowest BCUT2D eigenvalue weighted by molar-refractivity contribution is -0.122. The van der Waals surface area contributed by atoms with Gasteiger partial charge in [0, 0.05) is 25.9 Å². The number of hydrogen-bond acceptors (Lipinski definition) is 3. The molecule has 5 nitrogen and oxygen atoms in total. The van der Waals surface area contributed by atoms with E-state index in [9.17, 15) is 9.18 Å². The van der Waals surface area contributed by atoms with Crippen LogP contribution in [0.25, 0.3) is 0 Å². The number of nitrogens with one attached hydrogen (secondary N) is 2. The molecule has 1 aliphatic heterocycles. The number of carbonyl (C=O) groups is 1. The van der Waals surface area contributed by atoms with Crippen molar-refractivity contribution in [3.05, 3.63) is 53.9 Å². The van der Waals surface area contributed by atoms with Crippen LogP contribution in [0.15, 0.2) is 36.7 Å². The molecule has 3 atom stereocenters. The lowest BCUT2D eigenvalue weighted by Gasteiger charge is -2.28. The third kappa shape index (κ3) is 4.49. The summed E-state index contributed by atoms with van der Waals surface area (Å²) in [7, 11) is 1.87. The average Bonchev–Trinajstić information content (AvgIpc) is 3.06. The van der Waals surface area contributed by atoms with Crippen LogP contribution in [0.4, 0.5) is 4.39 Å². The van der Waals surface area contributed by atoms with Gasteiger partial charge in [-0.2, -0.15) is 0 Å². The Labute approximate surface area is 154 Å². The first-order valence-corrected chi connectivity index (χ1v) is 9.27. The van der Waals surface area contributed by atoms with Gasteiger partial charge in [-0.1, -0.05) is 19.1 Å². The molecule has 1 fully saturated rings. The van der Waals surface area contributed by atoms with Gasteiger partial charge in [0.05, 0.1) is 0 Å². The highest BCUT2D eigenvalue weighted by Gasteiger charge is 2.25. The summed E-state index contributed by atoms with van der Waals surface area (Å²) in [4.78, 5) is 17.1. The van der Waals surface area contributed by atoms with Crippen LogP contribution in [0, 0.1) is 17.7 Å². The van der Waals surface area contributed by atoms with E-state index < -0.39 is 6.04 Å². The maximum atomic E-state index is 13.7. The van der Waals surface area contributed by atoms with Crippen LogP contribution in [0.2, 0.25) is 0 Å². The molecular weight excluding hydrogens is 331 g/mol. The van der Waals surface area contributed by atoms with Gasteiger partial charge in [0.2, 0.25) is 5.91 Å². The quantitative estimate of drug-likeness (QED) is 0.835. The van der Waals surface area contributed by atoms with Gasteiger partial charge < -0.3 is 15.2 Å². The lowest BCUT2D eigenvalue weighted by atomic mass is 9.85. The topological polar surface area (TPSA) is 59.0 Å². The smallest absolute Gasteiger partial charge is 0.221 e. The Morgan fingerprint density at radius 2 is 2.35 bits per heavy atom. The molecule has 3 unspecified atom stereocenters. The van der Waals surface area contributed by atoms with E-state index in [1.54, 1.807) is 12.3 Å². The molecule has 1 saturated heterocycles. The number of halogens is 1. The van der Waals surface area contributed by atoms with Crippen LogP contribution >= 0.6 is 0 Å². The number of amides is 1. The molecular formula is C20H27FN4O. The molecule has 0 aliphatic carbocycles. The van der Waals surface area contributed by atoms with Crippen molar-refractivity contribution in [1.29, 1.82) is 0 Å². The minimum Gasteiger partial charge on any atom is -0.342 e. The maximum Gasteiger partial charge on any atom is 0.221 e. The SMILES string of the molecule is CC(CC(=O)NC(c1cccc(F)c1)c1nccn1C)C1CCCNC1. The van der Waals surface area contributed by atoms with Crippen molar-refractivity contribution in [3.63, 3.8) is 0 Å². The summed E-state index contributed by atoms with van der Waals surface area (Å²) in [6.45, 7) is 4.17. The second kappa shape index (κ2) is 8.45. The molecule has 140 valence electrons. The summed E-state index contributed by atoms with van der Waals surface area (Å²) in [6.07, 6.45) is 6.29. The van der Waals surface area contributed by atoms with E-state index in [2.05, 4.69) is 22.5 Å². The number of piperidine rings is 1. The van der Waals surface area contributed by atoms with Crippen LogP contribution in [0.5, 0.6) is 0 Å². The highest BCUT2D eigenvalue weighted by Crippen LogP contribution is 2.25. The largest absolute Gasteiger partial charge is 0.342 e. The molecule has 2 heterocycles. The molecule has 0 saturated carbocycles. The molecule has 0 bridgehead atoms. The number of nitrogens with zero attached hydrogens (tertiary/aromatic N) is 2. The van der Waals surface area contributed by atoms with Crippen LogP contribution in [-0.2, 0) is 11.8 Å². The first-order valence-electron chi connectivity index (χ1n) is 9.27. The van der Waals surface area contributed by atoms with Crippen molar-refractivity contribution >= 4 is 5.91 Å². The Kier molecular flexibility index (Phi) is 6.04. The fraction of sp³-hybridized carbons (Fsp3) is 0.500. The first-order chi connectivity index (χ1) is 12.5. The molecule has 2 N–H and O–H groups in total. The van der Waals surface area contributed by atoms with Crippen molar-refractivity contribution in [2.45, 2.75) is 32.2 Å². The Morgan fingerprint density at radius 3 is 3.00 bits per heavy atom. The Hall–Kier alpha value is -2.21. The van der Waals surface area contributed by atoms with Crippen molar-refractivity contribution < 1.29 is 9.18 Å². The standard InChI is InChI=1S/C20H27FN4O/c1-14(16-6-4-8-22-13-16)11-18(26)24-19(20-23-9-10-25(20)2)15-5-3-7-17(21)12-15/h3,5,7,9-10,12,14,16,19,22H,4,6,8,11,13H2,1-2H3,(H,24,26). The average molecular weight is 358 g/mol. The minimum atomic E-state index is -0.463. The Balaban J connectivity index is 1.73. The van der Waals surface area contributed by atoms with E-state index in [4.69, 9.17) is 0 Å². The predicted molar refractivity (Wildman–Crippen MR) is 99.0 cm³/mol. The Bertz CT molecular complexity index is 739. The molecule has 1 aromatic heterocycles. The molecule has 2 aromatic rings. The zero-order chi connectivity index (χ0) is 18.5. The van der Waals surface area contributed by atoms with E-state index in [1.165, 1.54) is 12.1 Å². The fourth-order valence-electron chi connectivity index (χ4n) is 3.68. The second-order valence-electron chi connectivity index (χ2n) is 7.24. The highest BCUT2D eigenvalue weighted by atomic mass is 19.1. The summed E-state index contributed by atoms with van der Waals surface area (Å²) in [5.41, 5.74) is 0.694. The Morgan fingerprint density at radius 1 is 1.50 bits per heavy atom. The summed E-state index contributed by atoms with van der Waals surface area (Å²) < 4.78 is 15.6. The van der Waals surface area contributed by atoms with E-state index >= 15 is 0 Å². The number of carbonyl (C=O) groups excluding carboxylic acids is 1. The van der Waals surface area contributed by atoms with Crippen LogP contribution in [0.3, 0.4) is 0 Å². The number of benzene rings is 1. The maximum absolute atomic E-state index is 13.7.